The van der Waals surface area contributed by atoms with Gasteiger partial charge >= 0.3 is 12.1 Å². The van der Waals surface area contributed by atoms with Crippen molar-refractivity contribution in [1.29, 1.82) is 0 Å². The van der Waals surface area contributed by atoms with Gasteiger partial charge in [-0.15, -0.1) is 0 Å². The molecule has 0 aliphatic carbocycles. The Morgan fingerprint density at radius 1 is 1.07 bits per heavy atom. The van der Waals surface area contributed by atoms with Crippen LogP contribution in [0.1, 0.15) is 19.8 Å². The summed E-state index contributed by atoms with van der Waals surface area (Å²) < 4.78 is 10.5. The molecule has 3 rings (SSSR count). The maximum absolute atomic E-state index is 12.5. The topological polar surface area (TPSA) is 55.8 Å². The van der Waals surface area contributed by atoms with Gasteiger partial charge in [-0.3, -0.25) is 4.79 Å². The molecule has 0 bridgehead atoms. The van der Waals surface area contributed by atoms with Gasteiger partial charge in [0.05, 0.1) is 17.5 Å². The Kier molecular flexibility index (Phi) is 6.35. The van der Waals surface area contributed by atoms with Gasteiger partial charge in [0.25, 0.3) is 0 Å². The van der Waals surface area contributed by atoms with Gasteiger partial charge in [0.1, 0.15) is 5.75 Å². The number of ether oxygens (including phenoxy) is 2. The van der Waals surface area contributed by atoms with Gasteiger partial charge in [-0.05, 0) is 43.0 Å². The number of esters is 1. The van der Waals surface area contributed by atoms with E-state index in [2.05, 4.69) is 0 Å². The van der Waals surface area contributed by atoms with Crippen molar-refractivity contribution >= 4 is 23.7 Å². The van der Waals surface area contributed by atoms with Gasteiger partial charge in [-0.2, -0.15) is 0 Å². The lowest BCUT2D eigenvalue weighted by Crippen LogP contribution is -2.41. The van der Waals surface area contributed by atoms with E-state index in [1.165, 1.54) is 0 Å². The second-order valence-corrected chi connectivity index (χ2v) is 6.80. The number of carbonyl (C=O) groups is 2. The third kappa shape index (κ3) is 4.80. The van der Waals surface area contributed by atoms with Crippen LogP contribution in [0, 0.1) is 5.92 Å². The molecule has 0 aromatic heterocycles. The minimum Gasteiger partial charge on any atom is -0.450 e. The summed E-state index contributed by atoms with van der Waals surface area (Å²) in [7, 11) is 0. The van der Waals surface area contributed by atoms with Crippen molar-refractivity contribution in [3.63, 3.8) is 0 Å². The molecular formula is C21H22ClNO4. The molecule has 0 saturated carbocycles. The summed E-state index contributed by atoms with van der Waals surface area (Å²) in [5, 5.41) is 0.397. The van der Waals surface area contributed by atoms with E-state index in [9.17, 15) is 9.59 Å². The first-order valence-electron chi connectivity index (χ1n) is 9.07. The van der Waals surface area contributed by atoms with Crippen molar-refractivity contribution < 1.29 is 19.1 Å². The van der Waals surface area contributed by atoms with Gasteiger partial charge in [0, 0.05) is 13.1 Å². The average molecular weight is 388 g/mol. The van der Waals surface area contributed by atoms with Crippen LogP contribution in [0.5, 0.6) is 5.75 Å². The molecule has 2 aromatic rings. The molecular weight excluding hydrogens is 366 g/mol. The molecule has 27 heavy (non-hydrogen) atoms. The van der Waals surface area contributed by atoms with Crippen molar-refractivity contribution in [2.75, 3.05) is 19.7 Å². The van der Waals surface area contributed by atoms with Crippen LogP contribution < -0.4 is 4.74 Å². The van der Waals surface area contributed by atoms with E-state index >= 15 is 0 Å². The zero-order valence-electron chi connectivity index (χ0n) is 15.2. The van der Waals surface area contributed by atoms with Crippen LogP contribution in [0.25, 0.3) is 11.1 Å². The minimum absolute atomic E-state index is 0.249. The SMILES string of the molecule is CCOC(=O)N1CCC(C(=O)Oc2ccc(-c3ccccc3)cc2Cl)CC1. The fourth-order valence-electron chi connectivity index (χ4n) is 3.10. The first kappa shape index (κ1) is 19.2. The maximum atomic E-state index is 12.5. The van der Waals surface area contributed by atoms with E-state index in [1.807, 2.05) is 36.4 Å². The Labute approximate surface area is 163 Å². The summed E-state index contributed by atoms with van der Waals surface area (Å²) in [6.45, 7) is 3.09. The van der Waals surface area contributed by atoms with Crippen molar-refractivity contribution in [2.24, 2.45) is 5.92 Å². The van der Waals surface area contributed by atoms with Crippen LogP contribution in [0.4, 0.5) is 4.79 Å². The third-order valence-corrected chi connectivity index (χ3v) is 4.90. The Hall–Kier alpha value is -2.53. The average Bonchev–Trinajstić information content (AvgIpc) is 2.70. The zero-order chi connectivity index (χ0) is 19.2. The number of carbonyl (C=O) groups excluding carboxylic acids is 2. The van der Waals surface area contributed by atoms with Gasteiger partial charge < -0.3 is 14.4 Å². The molecule has 0 atom stereocenters. The van der Waals surface area contributed by atoms with E-state index in [0.29, 0.717) is 43.3 Å². The fraction of sp³-hybridized carbons (Fsp3) is 0.333. The highest BCUT2D eigenvalue weighted by molar-refractivity contribution is 6.32. The van der Waals surface area contributed by atoms with E-state index in [1.54, 1.807) is 24.0 Å². The van der Waals surface area contributed by atoms with E-state index in [-0.39, 0.29) is 18.0 Å². The minimum atomic E-state index is -0.330. The predicted molar refractivity (Wildman–Crippen MR) is 104 cm³/mol. The number of benzene rings is 2. The quantitative estimate of drug-likeness (QED) is 0.559. The smallest absolute Gasteiger partial charge is 0.409 e. The summed E-state index contributed by atoms with van der Waals surface area (Å²) >= 11 is 6.32. The van der Waals surface area contributed by atoms with Crippen LogP contribution in [-0.2, 0) is 9.53 Å². The molecule has 6 heteroatoms. The largest absolute Gasteiger partial charge is 0.450 e. The lowest BCUT2D eigenvalue weighted by Gasteiger charge is -2.30. The summed E-state index contributed by atoms with van der Waals surface area (Å²) in [5.41, 5.74) is 2.01. The second kappa shape index (κ2) is 8.91. The molecule has 0 N–H and O–H groups in total. The second-order valence-electron chi connectivity index (χ2n) is 6.39. The van der Waals surface area contributed by atoms with Crippen molar-refractivity contribution in [3.05, 3.63) is 53.6 Å². The molecule has 1 amide bonds. The van der Waals surface area contributed by atoms with Crippen molar-refractivity contribution in [1.82, 2.24) is 4.90 Å². The number of piperidine rings is 1. The monoisotopic (exact) mass is 387 g/mol. The third-order valence-electron chi connectivity index (χ3n) is 4.60. The standard InChI is InChI=1S/C21H22ClNO4/c1-2-26-21(25)23-12-10-16(11-13-23)20(24)27-19-9-8-17(14-18(19)22)15-6-4-3-5-7-15/h3-9,14,16H,2,10-13H2,1H3. The highest BCUT2D eigenvalue weighted by Crippen LogP contribution is 2.31. The Morgan fingerprint density at radius 3 is 2.41 bits per heavy atom. The number of amides is 1. The van der Waals surface area contributed by atoms with Crippen LogP contribution in [-0.4, -0.2) is 36.7 Å². The molecule has 1 saturated heterocycles. The van der Waals surface area contributed by atoms with Crippen LogP contribution in [0.15, 0.2) is 48.5 Å². The fourth-order valence-corrected chi connectivity index (χ4v) is 3.32. The van der Waals surface area contributed by atoms with Gasteiger partial charge in [0.2, 0.25) is 0 Å². The number of likely N-dealkylation sites (tertiary alicyclic amines) is 1. The van der Waals surface area contributed by atoms with Crippen LogP contribution >= 0.6 is 11.6 Å². The summed E-state index contributed by atoms with van der Waals surface area (Å²) in [6, 6.07) is 15.3. The molecule has 1 aliphatic heterocycles. The van der Waals surface area contributed by atoms with E-state index in [0.717, 1.165) is 11.1 Å². The molecule has 1 fully saturated rings. The number of halogens is 1. The molecule has 0 spiro atoms. The molecule has 0 unspecified atom stereocenters. The Morgan fingerprint density at radius 2 is 1.78 bits per heavy atom. The number of rotatable bonds is 4. The normalized spacial score (nSPS) is 14.7. The van der Waals surface area contributed by atoms with Crippen LogP contribution in [0.3, 0.4) is 0 Å². The molecule has 0 radical (unpaired) electrons. The number of nitrogens with zero attached hydrogens (tertiary/aromatic N) is 1. The Balaban J connectivity index is 1.59. The van der Waals surface area contributed by atoms with Gasteiger partial charge in [-0.25, -0.2) is 4.79 Å². The summed E-state index contributed by atoms with van der Waals surface area (Å²) in [4.78, 5) is 25.8. The molecule has 5 nitrogen and oxygen atoms in total. The first-order valence-corrected chi connectivity index (χ1v) is 9.44. The van der Waals surface area contributed by atoms with E-state index < -0.39 is 0 Å². The number of hydrogen-bond donors (Lipinski definition) is 0. The molecule has 1 aliphatic rings. The highest BCUT2D eigenvalue weighted by Gasteiger charge is 2.29. The van der Waals surface area contributed by atoms with E-state index in [4.69, 9.17) is 21.1 Å². The number of hydrogen-bond acceptors (Lipinski definition) is 4. The first-order chi connectivity index (χ1) is 13.1. The van der Waals surface area contributed by atoms with Crippen molar-refractivity contribution in [3.8, 4) is 16.9 Å². The molecule has 2 aromatic carbocycles. The van der Waals surface area contributed by atoms with Gasteiger partial charge in [0.15, 0.2) is 0 Å². The lowest BCUT2D eigenvalue weighted by atomic mass is 9.97. The highest BCUT2D eigenvalue weighted by atomic mass is 35.5. The summed E-state index contributed by atoms with van der Waals surface area (Å²) in [5.74, 6) is -0.206. The summed E-state index contributed by atoms with van der Waals surface area (Å²) in [6.07, 6.45) is 0.776. The molecule has 1 heterocycles. The predicted octanol–water partition coefficient (Wildman–Crippen LogP) is 4.78. The van der Waals surface area contributed by atoms with Crippen LogP contribution in [0.2, 0.25) is 5.02 Å². The zero-order valence-corrected chi connectivity index (χ0v) is 15.9. The maximum Gasteiger partial charge on any atom is 0.409 e. The lowest BCUT2D eigenvalue weighted by molar-refractivity contribution is -0.140. The van der Waals surface area contributed by atoms with Crippen molar-refractivity contribution in [2.45, 2.75) is 19.8 Å². The molecule has 142 valence electrons. The Bertz CT molecular complexity index is 801. The van der Waals surface area contributed by atoms with Gasteiger partial charge in [-0.1, -0.05) is 48.0 Å².